The molecule has 80 valence electrons. The summed E-state index contributed by atoms with van der Waals surface area (Å²) in [6.07, 6.45) is 0. The second kappa shape index (κ2) is 6.75. The summed E-state index contributed by atoms with van der Waals surface area (Å²) in [5, 5.41) is 0. The summed E-state index contributed by atoms with van der Waals surface area (Å²) in [4.78, 5) is 0.148. The molecular weight excluding hydrogens is 258 g/mol. The number of halogens is 1. The van der Waals surface area contributed by atoms with Crippen LogP contribution in [0.15, 0.2) is 0 Å². The highest BCUT2D eigenvalue weighted by atomic mass is 79.9. The molecule has 0 spiro atoms. The summed E-state index contributed by atoms with van der Waals surface area (Å²) < 4.78 is 29.8. The predicted octanol–water partition coefficient (Wildman–Crippen LogP) is 0.726. The van der Waals surface area contributed by atoms with E-state index in [1.54, 1.807) is 0 Å². The van der Waals surface area contributed by atoms with Crippen LogP contribution in [0.5, 0.6) is 0 Å². The first-order chi connectivity index (χ1) is 5.98. The van der Waals surface area contributed by atoms with Gasteiger partial charge in [0, 0.05) is 18.0 Å². The maximum absolute atomic E-state index is 11.2. The Morgan fingerprint density at radius 3 is 2.62 bits per heavy atom. The smallest absolute Gasteiger partial charge is 0.213 e. The molecule has 1 atom stereocenters. The Labute approximate surface area is 88.2 Å². The van der Waals surface area contributed by atoms with Gasteiger partial charge in [-0.15, -0.1) is 0 Å². The van der Waals surface area contributed by atoms with Crippen molar-refractivity contribution in [1.82, 2.24) is 4.72 Å². The molecule has 0 amide bonds. The Hall–Kier alpha value is 0.350. The molecule has 1 unspecified atom stereocenters. The zero-order chi connectivity index (χ0) is 10.3. The van der Waals surface area contributed by atoms with E-state index in [-0.39, 0.29) is 17.2 Å². The van der Waals surface area contributed by atoms with Crippen molar-refractivity contribution in [3.8, 4) is 0 Å². The van der Waals surface area contributed by atoms with Crippen LogP contribution < -0.4 is 4.72 Å². The fourth-order valence-electron chi connectivity index (χ4n) is 0.627. The highest BCUT2D eigenvalue weighted by molar-refractivity contribution is 9.09. The van der Waals surface area contributed by atoms with Crippen molar-refractivity contribution in [1.29, 1.82) is 0 Å². The van der Waals surface area contributed by atoms with Crippen molar-refractivity contribution in [2.75, 3.05) is 25.5 Å². The average molecular weight is 274 g/mol. The molecule has 13 heavy (non-hydrogen) atoms. The van der Waals surface area contributed by atoms with Gasteiger partial charge in [-0.2, -0.15) is 0 Å². The summed E-state index contributed by atoms with van der Waals surface area (Å²) in [5.41, 5.74) is 0. The number of hydrogen-bond acceptors (Lipinski definition) is 3. The molecule has 6 heteroatoms. The maximum Gasteiger partial charge on any atom is 0.213 e. The quantitative estimate of drug-likeness (QED) is 0.550. The first kappa shape index (κ1) is 13.4. The molecule has 0 aliphatic heterocycles. The Morgan fingerprint density at radius 1 is 1.54 bits per heavy atom. The monoisotopic (exact) mass is 273 g/mol. The third-order valence-corrected chi connectivity index (χ3v) is 2.92. The third kappa shape index (κ3) is 8.67. The van der Waals surface area contributed by atoms with Gasteiger partial charge in [-0.3, -0.25) is 0 Å². The van der Waals surface area contributed by atoms with E-state index in [0.29, 0.717) is 13.2 Å². The fraction of sp³-hybridized carbons (Fsp3) is 1.00. The molecular formula is C7H16BrNO3S. The van der Waals surface area contributed by atoms with Crippen LogP contribution in [0.4, 0.5) is 0 Å². The van der Waals surface area contributed by atoms with Gasteiger partial charge in [-0.1, -0.05) is 22.9 Å². The Bertz CT molecular complexity index is 216. The van der Waals surface area contributed by atoms with Gasteiger partial charge >= 0.3 is 0 Å². The normalized spacial score (nSPS) is 14.4. The van der Waals surface area contributed by atoms with Crippen LogP contribution in [-0.2, 0) is 14.8 Å². The van der Waals surface area contributed by atoms with Crippen LogP contribution in [0.1, 0.15) is 13.8 Å². The minimum absolute atomic E-state index is 0.0283. The minimum atomic E-state index is -3.15. The second-order valence-corrected chi connectivity index (χ2v) is 6.13. The highest BCUT2D eigenvalue weighted by Gasteiger charge is 2.09. The number of sulfonamides is 1. The standard InChI is InChI=1S/C7H16BrNO3S/c1-3-12-4-5-13(10,11)9-6-7(2)8/h7,9H,3-6H2,1-2H3. The lowest BCUT2D eigenvalue weighted by Gasteiger charge is -2.07. The predicted molar refractivity (Wildman–Crippen MR) is 56.7 cm³/mol. The van der Waals surface area contributed by atoms with Crippen molar-refractivity contribution in [3.63, 3.8) is 0 Å². The van der Waals surface area contributed by atoms with Crippen LogP contribution in [0, 0.1) is 0 Å². The molecule has 0 aliphatic carbocycles. The molecule has 0 aromatic rings. The summed E-state index contributed by atoms with van der Waals surface area (Å²) in [5.74, 6) is 0.0283. The lowest BCUT2D eigenvalue weighted by molar-refractivity contribution is 0.163. The molecule has 1 N–H and O–H groups in total. The summed E-state index contributed by atoms with van der Waals surface area (Å²) >= 11 is 3.25. The van der Waals surface area contributed by atoms with Crippen molar-refractivity contribution >= 4 is 26.0 Å². The van der Waals surface area contributed by atoms with Gasteiger partial charge in [0.2, 0.25) is 10.0 Å². The molecule has 0 fully saturated rings. The minimum Gasteiger partial charge on any atom is -0.381 e. The lowest BCUT2D eigenvalue weighted by atomic mass is 10.5. The van der Waals surface area contributed by atoms with Crippen LogP contribution in [0.3, 0.4) is 0 Å². The van der Waals surface area contributed by atoms with Crippen molar-refractivity contribution in [3.05, 3.63) is 0 Å². The van der Waals surface area contributed by atoms with E-state index in [4.69, 9.17) is 4.74 Å². The molecule has 0 saturated carbocycles. The van der Waals surface area contributed by atoms with Gasteiger partial charge in [0.1, 0.15) is 0 Å². The number of hydrogen-bond donors (Lipinski definition) is 1. The van der Waals surface area contributed by atoms with E-state index in [1.807, 2.05) is 13.8 Å². The van der Waals surface area contributed by atoms with Gasteiger partial charge in [-0.05, 0) is 6.92 Å². The number of rotatable bonds is 7. The van der Waals surface area contributed by atoms with E-state index >= 15 is 0 Å². The molecule has 0 bridgehead atoms. The molecule has 0 aromatic carbocycles. The lowest BCUT2D eigenvalue weighted by Crippen LogP contribution is -2.32. The Morgan fingerprint density at radius 2 is 2.15 bits per heavy atom. The van der Waals surface area contributed by atoms with Crippen molar-refractivity contribution in [2.45, 2.75) is 18.7 Å². The zero-order valence-electron chi connectivity index (χ0n) is 7.92. The topological polar surface area (TPSA) is 55.4 Å². The van der Waals surface area contributed by atoms with E-state index in [0.717, 1.165) is 0 Å². The van der Waals surface area contributed by atoms with Gasteiger partial charge in [0.15, 0.2) is 0 Å². The molecule has 4 nitrogen and oxygen atoms in total. The maximum atomic E-state index is 11.2. The van der Waals surface area contributed by atoms with Gasteiger partial charge in [-0.25, -0.2) is 13.1 Å². The summed E-state index contributed by atoms with van der Waals surface area (Å²) in [6.45, 7) is 4.92. The van der Waals surface area contributed by atoms with Crippen LogP contribution >= 0.6 is 15.9 Å². The first-order valence-electron chi connectivity index (χ1n) is 4.17. The second-order valence-electron chi connectivity index (χ2n) is 2.65. The number of nitrogens with one attached hydrogen (secondary N) is 1. The van der Waals surface area contributed by atoms with E-state index in [2.05, 4.69) is 20.7 Å². The molecule has 0 rings (SSSR count). The summed E-state index contributed by atoms with van der Waals surface area (Å²) in [7, 11) is -3.15. The molecule has 0 aromatic heterocycles. The Balaban J connectivity index is 3.68. The van der Waals surface area contributed by atoms with Crippen LogP contribution in [0.25, 0.3) is 0 Å². The zero-order valence-corrected chi connectivity index (χ0v) is 10.3. The number of ether oxygens (including phenoxy) is 1. The SMILES string of the molecule is CCOCCS(=O)(=O)NCC(C)Br. The molecule has 0 heterocycles. The van der Waals surface area contributed by atoms with E-state index in [9.17, 15) is 8.42 Å². The first-order valence-corrected chi connectivity index (χ1v) is 6.74. The number of alkyl halides is 1. The highest BCUT2D eigenvalue weighted by Crippen LogP contribution is 1.95. The van der Waals surface area contributed by atoms with Gasteiger partial charge in [0.25, 0.3) is 0 Å². The molecule has 0 saturated heterocycles. The van der Waals surface area contributed by atoms with Gasteiger partial charge in [0.05, 0.1) is 12.4 Å². The molecule has 0 aliphatic rings. The van der Waals surface area contributed by atoms with Crippen molar-refractivity contribution in [2.24, 2.45) is 0 Å². The van der Waals surface area contributed by atoms with E-state index in [1.165, 1.54) is 0 Å². The van der Waals surface area contributed by atoms with Crippen LogP contribution in [-0.4, -0.2) is 38.8 Å². The fourth-order valence-corrected chi connectivity index (χ4v) is 1.99. The summed E-state index contributed by atoms with van der Waals surface area (Å²) in [6, 6.07) is 0. The third-order valence-electron chi connectivity index (χ3n) is 1.29. The van der Waals surface area contributed by atoms with Crippen LogP contribution in [0.2, 0.25) is 0 Å². The van der Waals surface area contributed by atoms with Crippen molar-refractivity contribution < 1.29 is 13.2 Å². The molecule has 0 radical (unpaired) electrons. The largest absolute Gasteiger partial charge is 0.381 e. The average Bonchev–Trinajstić information content (AvgIpc) is 2.02. The Kier molecular flexibility index (Phi) is 6.93. The van der Waals surface area contributed by atoms with Gasteiger partial charge < -0.3 is 4.74 Å². The van der Waals surface area contributed by atoms with E-state index < -0.39 is 10.0 Å².